The molecular weight excluding hydrogens is 202 g/mol. The maximum absolute atomic E-state index is 3.32. The van der Waals surface area contributed by atoms with E-state index in [1.165, 1.54) is 29.7 Å². The van der Waals surface area contributed by atoms with Crippen LogP contribution in [0.1, 0.15) is 24.8 Å². The minimum atomic E-state index is 0.475. The summed E-state index contributed by atoms with van der Waals surface area (Å²) in [5, 5.41) is 3.32. The topological polar surface area (TPSA) is 12.0 Å². The molecule has 0 atom stereocenters. The molecule has 82 valence electrons. The van der Waals surface area contributed by atoms with Crippen LogP contribution < -0.4 is 5.32 Å². The zero-order chi connectivity index (χ0) is 10.7. The first-order valence-electron chi connectivity index (χ1n) is 5.64. The number of rotatable bonds is 4. The Hall–Kier alpha value is -0.470. The lowest BCUT2D eigenvalue weighted by Crippen LogP contribution is -2.42. The summed E-state index contributed by atoms with van der Waals surface area (Å²) in [5.74, 6) is 0. The molecule has 1 aromatic rings. The van der Waals surface area contributed by atoms with Crippen LogP contribution in [0.4, 0.5) is 0 Å². The van der Waals surface area contributed by atoms with Crippen molar-refractivity contribution in [3.05, 3.63) is 29.8 Å². The molecule has 15 heavy (non-hydrogen) atoms. The highest BCUT2D eigenvalue weighted by atomic mass is 32.2. The van der Waals surface area contributed by atoms with Crippen LogP contribution in [-0.4, -0.2) is 18.3 Å². The van der Waals surface area contributed by atoms with Gasteiger partial charge in [-0.3, -0.25) is 0 Å². The molecule has 0 spiro atoms. The van der Waals surface area contributed by atoms with Crippen LogP contribution in [0.5, 0.6) is 0 Å². The van der Waals surface area contributed by atoms with E-state index in [0.717, 1.165) is 6.54 Å². The number of thioether (sulfide) groups is 1. The summed E-state index contributed by atoms with van der Waals surface area (Å²) in [5.41, 5.74) is 1.36. The van der Waals surface area contributed by atoms with E-state index >= 15 is 0 Å². The van der Waals surface area contributed by atoms with Crippen molar-refractivity contribution >= 4 is 11.8 Å². The van der Waals surface area contributed by atoms with Crippen LogP contribution in [0.25, 0.3) is 0 Å². The maximum Gasteiger partial charge on any atom is 0.0331 e. The zero-order valence-electron chi connectivity index (χ0n) is 9.55. The lowest BCUT2D eigenvalue weighted by Gasteiger charge is -2.41. The normalized spacial score (nSPS) is 18.5. The minimum absolute atomic E-state index is 0.475. The van der Waals surface area contributed by atoms with Gasteiger partial charge in [-0.1, -0.05) is 24.1 Å². The molecule has 1 N–H and O–H groups in total. The van der Waals surface area contributed by atoms with Crippen molar-refractivity contribution in [3.8, 4) is 0 Å². The summed E-state index contributed by atoms with van der Waals surface area (Å²) < 4.78 is 0.475. The monoisotopic (exact) mass is 221 g/mol. The summed E-state index contributed by atoms with van der Waals surface area (Å²) in [6.07, 6.45) is 4.10. The van der Waals surface area contributed by atoms with Crippen LogP contribution >= 0.6 is 11.8 Å². The van der Waals surface area contributed by atoms with Gasteiger partial charge in [0.1, 0.15) is 0 Å². The third kappa shape index (κ3) is 2.56. The Balaban J connectivity index is 2.06. The number of hydrogen-bond donors (Lipinski definition) is 1. The summed E-state index contributed by atoms with van der Waals surface area (Å²) in [6.45, 7) is 3.29. The fraction of sp³-hybridized carbons (Fsp3) is 0.538. The highest BCUT2D eigenvalue weighted by Crippen LogP contribution is 2.47. The lowest BCUT2D eigenvalue weighted by atomic mass is 9.84. The molecule has 0 aliphatic heterocycles. The first-order chi connectivity index (χ1) is 7.24. The SMILES string of the molecule is CNCC1(Sc2cccc(C)c2)CCC1. The van der Waals surface area contributed by atoms with Crippen LogP contribution in [0.15, 0.2) is 29.2 Å². The molecule has 1 fully saturated rings. The molecule has 1 aromatic carbocycles. The van der Waals surface area contributed by atoms with E-state index in [0.29, 0.717) is 4.75 Å². The van der Waals surface area contributed by atoms with Gasteiger partial charge >= 0.3 is 0 Å². The fourth-order valence-electron chi connectivity index (χ4n) is 2.14. The van der Waals surface area contributed by atoms with Crippen molar-refractivity contribution in [1.29, 1.82) is 0 Å². The molecule has 1 aliphatic carbocycles. The van der Waals surface area contributed by atoms with Gasteiger partial charge in [0.05, 0.1) is 0 Å². The summed E-state index contributed by atoms with van der Waals surface area (Å²) in [4.78, 5) is 1.42. The number of hydrogen-bond acceptors (Lipinski definition) is 2. The van der Waals surface area contributed by atoms with E-state index in [-0.39, 0.29) is 0 Å². The van der Waals surface area contributed by atoms with Gasteiger partial charge in [0.2, 0.25) is 0 Å². The number of benzene rings is 1. The molecule has 2 rings (SSSR count). The van der Waals surface area contributed by atoms with Crippen LogP contribution in [0, 0.1) is 6.92 Å². The van der Waals surface area contributed by atoms with Crippen molar-refractivity contribution in [3.63, 3.8) is 0 Å². The lowest BCUT2D eigenvalue weighted by molar-refractivity contribution is 0.353. The molecular formula is C13H19NS. The van der Waals surface area contributed by atoms with Crippen molar-refractivity contribution < 1.29 is 0 Å². The van der Waals surface area contributed by atoms with Crippen molar-refractivity contribution in [2.24, 2.45) is 0 Å². The predicted octanol–water partition coefficient (Wildman–Crippen LogP) is 3.23. The highest BCUT2D eigenvalue weighted by Gasteiger charge is 2.37. The van der Waals surface area contributed by atoms with E-state index in [4.69, 9.17) is 0 Å². The number of aryl methyl sites for hydroxylation is 1. The largest absolute Gasteiger partial charge is 0.318 e. The van der Waals surface area contributed by atoms with Crippen molar-refractivity contribution in [2.75, 3.05) is 13.6 Å². The summed E-state index contributed by atoms with van der Waals surface area (Å²) >= 11 is 2.05. The second-order valence-electron chi connectivity index (χ2n) is 4.49. The Bertz CT molecular complexity index is 331. The van der Waals surface area contributed by atoms with E-state index < -0.39 is 0 Å². The predicted molar refractivity (Wildman–Crippen MR) is 67.5 cm³/mol. The highest BCUT2D eigenvalue weighted by molar-refractivity contribution is 8.00. The van der Waals surface area contributed by atoms with Gasteiger partial charge in [0.15, 0.2) is 0 Å². The van der Waals surface area contributed by atoms with Crippen molar-refractivity contribution in [2.45, 2.75) is 35.8 Å². The van der Waals surface area contributed by atoms with E-state index in [2.05, 4.69) is 55.3 Å². The average Bonchev–Trinajstić information content (AvgIpc) is 2.15. The van der Waals surface area contributed by atoms with Crippen LogP contribution in [0.3, 0.4) is 0 Å². The van der Waals surface area contributed by atoms with E-state index in [1.54, 1.807) is 0 Å². The zero-order valence-corrected chi connectivity index (χ0v) is 10.4. The summed E-state index contributed by atoms with van der Waals surface area (Å²) in [6, 6.07) is 8.84. The van der Waals surface area contributed by atoms with Gasteiger partial charge in [-0.15, -0.1) is 11.8 Å². The number of nitrogens with one attached hydrogen (secondary N) is 1. The third-order valence-electron chi connectivity index (χ3n) is 3.09. The van der Waals surface area contributed by atoms with Crippen LogP contribution in [0.2, 0.25) is 0 Å². The second-order valence-corrected chi connectivity index (χ2v) is 6.03. The van der Waals surface area contributed by atoms with Crippen molar-refractivity contribution in [1.82, 2.24) is 5.32 Å². The fourth-order valence-corrected chi connectivity index (χ4v) is 3.74. The van der Waals surface area contributed by atoms with Gasteiger partial charge in [-0.25, -0.2) is 0 Å². The van der Waals surface area contributed by atoms with Gasteiger partial charge in [-0.05, 0) is 38.9 Å². The minimum Gasteiger partial charge on any atom is -0.318 e. The molecule has 0 aromatic heterocycles. The van der Waals surface area contributed by atoms with E-state index in [9.17, 15) is 0 Å². The molecule has 0 radical (unpaired) electrons. The van der Waals surface area contributed by atoms with E-state index in [1.807, 2.05) is 0 Å². The van der Waals surface area contributed by atoms with Gasteiger partial charge < -0.3 is 5.32 Å². The molecule has 1 nitrogen and oxygen atoms in total. The Labute approximate surface area is 96.7 Å². The van der Waals surface area contributed by atoms with Crippen LogP contribution in [-0.2, 0) is 0 Å². The van der Waals surface area contributed by atoms with Gasteiger partial charge in [-0.2, -0.15) is 0 Å². The molecule has 0 saturated heterocycles. The molecule has 0 unspecified atom stereocenters. The maximum atomic E-state index is 3.32. The molecule has 0 amide bonds. The first-order valence-corrected chi connectivity index (χ1v) is 6.46. The smallest absolute Gasteiger partial charge is 0.0331 e. The second kappa shape index (κ2) is 4.58. The molecule has 2 heteroatoms. The quantitative estimate of drug-likeness (QED) is 0.838. The standard InChI is InChI=1S/C13H19NS/c1-11-5-3-6-12(9-11)15-13(10-14-2)7-4-8-13/h3,5-6,9,14H,4,7-8,10H2,1-2H3. The first kappa shape index (κ1) is 11.0. The molecule has 0 heterocycles. The molecule has 1 aliphatic rings. The molecule has 1 saturated carbocycles. The Kier molecular flexibility index (Phi) is 3.37. The van der Waals surface area contributed by atoms with Gasteiger partial charge in [0.25, 0.3) is 0 Å². The Morgan fingerprint density at radius 1 is 1.40 bits per heavy atom. The Morgan fingerprint density at radius 3 is 2.73 bits per heavy atom. The average molecular weight is 221 g/mol. The third-order valence-corrected chi connectivity index (χ3v) is 4.56. The Morgan fingerprint density at radius 2 is 2.20 bits per heavy atom. The summed E-state index contributed by atoms with van der Waals surface area (Å²) in [7, 11) is 2.05. The van der Waals surface area contributed by atoms with Gasteiger partial charge in [0, 0.05) is 16.2 Å². The molecule has 0 bridgehead atoms.